The van der Waals surface area contributed by atoms with Crippen molar-refractivity contribution in [1.82, 2.24) is 0 Å². The van der Waals surface area contributed by atoms with Gasteiger partial charge in [0.1, 0.15) is 6.17 Å². The maximum absolute atomic E-state index is 13.3. The van der Waals surface area contributed by atoms with Gasteiger partial charge in [-0.05, 0) is 25.5 Å². The quantitative estimate of drug-likeness (QED) is 0.717. The summed E-state index contributed by atoms with van der Waals surface area (Å²) in [4.78, 5) is 0.0655. The van der Waals surface area contributed by atoms with Crippen molar-refractivity contribution in [3.8, 4) is 0 Å². The monoisotopic (exact) mass is 274 g/mol. The van der Waals surface area contributed by atoms with E-state index in [0.29, 0.717) is 6.42 Å². The van der Waals surface area contributed by atoms with Crippen molar-refractivity contribution < 1.29 is 17.0 Å². The van der Waals surface area contributed by atoms with Crippen molar-refractivity contribution in [2.24, 2.45) is 0 Å². The van der Waals surface area contributed by atoms with Gasteiger partial charge in [0.25, 0.3) is 10.1 Å². The zero-order valence-corrected chi connectivity index (χ0v) is 11.5. The SMILES string of the molecule is CCCCC(F)COS(=O)(=O)c1ccc(C)cc1. The first-order valence-corrected chi connectivity index (χ1v) is 7.46. The Hall–Kier alpha value is -0.940. The standard InChI is InChI=1S/C13H19FO3S/c1-3-4-5-12(14)10-17-18(15,16)13-8-6-11(2)7-9-13/h6-9,12H,3-5,10H2,1-2H3. The van der Waals surface area contributed by atoms with Crippen LogP contribution >= 0.6 is 0 Å². The Balaban J connectivity index is 2.57. The Bertz CT molecular complexity index is 454. The van der Waals surface area contributed by atoms with Gasteiger partial charge in [-0.2, -0.15) is 8.42 Å². The van der Waals surface area contributed by atoms with Gasteiger partial charge in [-0.3, -0.25) is 4.18 Å². The first-order valence-electron chi connectivity index (χ1n) is 6.06. The predicted octanol–water partition coefficient (Wildman–Crippen LogP) is 3.23. The summed E-state index contributed by atoms with van der Waals surface area (Å²) in [6, 6.07) is 6.29. The summed E-state index contributed by atoms with van der Waals surface area (Å²) in [7, 11) is -3.84. The second-order valence-electron chi connectivity index (χ2n) is 4.29. The number of rotatable bonds is 7. The van der Waals surface area contributed by atoms with Gasteiger partial charge in [-0.1, -0.05) is 37.5 Å². The Morgan fingerprint density at radius 1 is 1.28 bits per heavy atom. The molecule has 0 amide bonds. The topological polar surface area (TPSA) is 43.4 Å². The van der Waals surface area contributed by atoms with Crippen LogP contribution in [0.3, 0.4) is 0 Å². The van der Waals surface area contributed by atoms with Crippen LogP contribution < -0.4 is 0 Å². The molecule has 0 aliphatic heterocycles. The highest BCUT2D eigenvalue weighted by Crippen LogP contribution is 2.15. The third-order valence-electron chi connectivity index (χ3n) is 2.58. The highest BCUT2D eigenvalue weighted by Gasteiger charge is 2.17. The summed E-state index contributed by atoms with van der Waals surface area (Å²) < 4.78 is 41.5. The first kappa shape index (κ1) is 15.1. The van der Waals surface area contributed by atoms with Gasteiger partial charge in [-0.25, -0.2) is 4.39 Å². The molecule has 0 aliphatic carbocycles. The van der Waals surface area contributed by atoms with E-state index in [9.17, 15) is 12.8 Å². The molecular formula is C13H19FO3S. The van der Waals surface area contributed by atoms with E-state index in [1.54, 1.807) is 12.1 Å². The van der Waals surface area contributed by atoms with E-state index in [-0.39, 0.29) is 4.90 Å². The Morgan fingerprint density at radius 3 is 2.44 bits per heavy atom. The van der Waals surface area contributed by atoms with Gasteiger partial charge in [0.05, 0.1) is 11.5 Å². The van der Waals surface area contributed by atoms with E-state index in [1.807, 2.05) is 13.8 Å². The number of alkyl halides is 1. The minimum absolute atomic E-state index is 0.0655. The summed E-state index contributed by atoms with van der Waals surface area (Å²) >= 11 is 0. The number of unbranched alkanes of at least 4 members (excludes halogenated alkanes) is 1. The molecule has 0 aliphatic rings. The van der Waals surface area contributed by atoms with Crippen molar-refractivity contribution in [2.75, 3.05) is 6.61 Å². The van der Waals surface area contributed by atoms with Gasteiger partial charge in [0, 0.05) is 0 Å². The second kappa shape index (κ2) is 6.85. The number of benzene rings is 1. The minimum atomic E-state index is -3.84. The molecule has 1 atom stereocenters. The average molecular weight is 274 g/mol. The molecule has 1 aromatic carbocycles. The van der Waals surface area contributed by atoms with Crippen molar-refractivity contribution in [3.05, 3.63) is 29.8 Å². The lowest BCUT2D eigenvalue weighted by Crippen LogP contribution is -2.15. The van der Waals surface area contributed by atoms with E-state index in [2.05, 4.69) is 0 Å². The van der Waals surface area contributed by atoms with E-state index in [0.717, 1.165) is 18.4 Å². The lowest BCUT2D eigenvalue weighted by Gasteiger charge is -2.09. The fraction of sp³-hybridized carbons (Fsp3) is 0.538. The van der Waals surface area contributed by atoms with Crippen LogP contribution in [0, 0.1) is 6.92 Å². The van der Waals surface area contributed by atoms with Crippen LogP contribution in [0.2, 0.25) is 0 Å². The lowest BCUT2D eigenvalue weighted by atomic mass is 10.2. The summed E-state index contributed by atoms with van der Waals surface area (Å²) in [6.07, 6.45) is 0.713. The van der Waals surface area contributed by atoms with Crippen LogP contribution in [0.25, 0.3) is 0 Å². The number of hydrogen-bond acceptors (Lipinski definition) is 3. The molecule has 1 unspecified atom stereocenters. The predicted molar refractivity (Wildman–Crippen MR) is 68.7 cm³/mol. The molecule has 0 bridgehead atoms. The second-order valence-corrected chi connectivity index (χ2v) is 5.91. The number of halogens is 1. The average Bonchev–Trinajstić information content (AvgIpc) is 2.34. The van der Waals surface area contributed by atoms with Gasteiger partial charge in [0.2, 0.25) is 0 Å². The minimum Gasteiger partial charge on any atom is -0.263 e. The fourth-order valence-corrected chi connectivity index (χ4v) is 2.38. The van der Waals surface area contributed by atoms with Crippen LogP contribution in [0.15, 0.2) is 29.2 Å². The van der Waals surface area contributed by atoms with E-state index < -0.39 is 22.9 Å². The smallest absolute Gasteiger partial charge is 0.263 e. The number of aryl methyl sites for hydroxylation is 1. The normalized spacial score (nSPS) is 13.5. The summed E-state index contributed by atoms with van der Waals surface area (Å²) in [5.74, 6) is 0. The van der Waals surface area contributed by atoms with Crippen molar-refractivity contribution in [2.45, 2.75) is 44.2 Å². The Morgan fingerprint density at radius 2 is 1.89 bits per heavy atom. The maximum Gasteiger partial charge on any atom is 0.297 e. The molecule has 1 aromatic rings. The van der Waals surface area contributed by atoms with Crippen LogP contribution in [-0.4, -0.2) is 21.2 Å². The third kappa shape index (κ3) is 4.74. The van der Waals surface area contributed by atoms with E-state index >= 15 is 0 Å². The highest BCUT2D eigenvalue weighted by molar-refractivity contribution is 7.86. The molecule has 0 fully saturated rings. The highest BCUT2D eigenvalue weighted by atomic mass is 32.2. The number of hydrogen-bond donors (Lipinski definition) is 0. The van der Waals surface area contributed by atoms with Crippen LogP contribution in [0.1, 0.15) is 31.7 Å². The molecule has 18 heavy (non-hydrogen) atoms. The summed E-state index contributed by atoms with van der Waals surface area (Å²) in [6.45, 7) is 3.41. The van der Waals surface area contributed by atoms with Crippen LogP contribution in [0.5, 0.6) is 0 Å². The van der Waals surface area contributed by atoms with Crippen LogP contribution in [0.4, 0.5) is 4.39 Å². The molecular weight excluding hydrogens is 255 g/mol. The molecule has 3 nitrogen and oxygen atoms in total. The largest absolute Gasteiger partial charge is 0.297 e. The molecule has 102 valence electrons. The molecule has 0 radical (unpaired) electrons. The van der Waals surface area contributed by atoms with Gasteiger partial charge < -0.3 is 0 Å². The van der Waals surface area contributed by atoms with Gasteiger partial charge in [-0.15, -0.1) is 0 Å². The van der Waals surface area contributed by atoms with E-state index in [1.165, 1.54) is 12.1 Å². The Kier molecular flexibility index (Phi) is 5.75. The molecule has 0 saturated carbocycles. The molecule has 0 N–H and O–H groups in total. The summed E-state index contributed by atoms with van der Waals surface area (Å²) in [5, 5.41) is 0. The fourth-order valence-electron chi connectivity index (χ4n) is 1.45. The van der Waals surface area contributed by atoms with Crippen molar-refractivity contribution in [1.29, 1.82) is 0 Å². The zero-order chi connectivity index (χ0) is 13.6. The van der Waals surface area contributed by atoms with Crippen molar-refractivity contribution in [3.63, 3.8) is 0 Å². The third-order valence-corrected chi connectivity index (χ3v) is 3.88. The Labute approximate surface area is 108 Å². The van der Waals surface area contributed by atoms with Gasteiger partial charge >= 0.3 is 0 Å². The maximum atomic E-state index is 13.3. The summed E-state index contributed by atoms with van der Waals surface area (Å²) in [5.41, 5.74) is 0.959. The molecule has 0 heterocycles. The molecule has 1 rings (SSSR count). The molecule has 5 heteroatoms. The van der Waals surface area contributed by atoms with Gasteiger partial charge in [0.15, 0.2) is 0 Å². The van der Waals surface area contributed by atoms with Crippen LogP contribution in [-0.2, 0) is 14.3 Å². The van der Waals surface area contributed by atoms with E-state index in [4.69, 9.17) is 4.18 Å². The molecule has 0 aromatic heterocycles. The lowest BCUT2D eigenvalue weighted by molar-refractivity contribution is 0.189. The molecule has 0 saturated heterocycles. The van der Waals surface area contributed by atoms with Crippen molar-refractivity contribution >= 4 is 10.1 Å². The first-order chi connectivity index (χ1) is 8.45. The molecule has 0 spiro atoms. The zero-order valence-electron chi connectivity index (χ0n) is 10.7.